The number of nitriles is 1. The lowest BCUT2D eigenvalue weighted by Gasteiger charge is -2.27. The molecule has 9 nitrogen and oxygen atoms in total. The Morgan fingerprint density at radius 2 is 1.68 bits per heavy atom. The summed E-state index contributed by atoms with van der Waals surface area (Å²) in [5.41, 5.74) is -2.37. The van der Waals surface area contributed by atoms with Gasteiger partial charge in [0.05, 0.1) is 46.1 Å². The van der Waals surface area contributed by atoms with Crippen LogP contribution in [0.25, 0.3) is 5.69 Å². The number of hydrogen-bond donors (Lipinski definition) is 1. The first-order valence-corrected chi connectivity index (χ1v) is 11.6. The van der Waals surface area contributed by atoms with Crippen LogP contribution >= 0.6 is 0 Å². The highest BCUT2D eigenvalue weighted by molar-refractivity contribution is 6.23. The average Bonchev–Trinajstić information content (AvgIpc) is 3.34. The highest BCUT2D eigenvalue weighted by Crippen LogP contribution is 2.38. The van der Waals surface area contributed by atoms with E-state index in [1.165, 1.54) is 24.8 Å². The summed E-state index contributed by atoms with van der Waals surface area (Å²) in [7, 11) is 0. The third-order valence-electron chi connectivity index (χ3n) is 6.21. The molecule has 3 amide bonds. The molecule has 0 atom stereocenters. The van der Waals surface area contributed by atoms with E-state index in [0.29, 0.717) is 34.3 Å². The number of anilines is 1. The number of benzene rings is 2. The molecule has 2 heterocycles. The van der Waals surface area contributed by atoms with Crippen molar-refractivity contribution in [3.05, 3.63) is 71.0 Å². The summed E-state index contributed by atoms with van der Waals surface area (Å²) in [5.74, 6) is -0.682. The first kappa shape index (κ1) is 26.8. The van der Waals surface area contributed by atoms with Crippen molar-refractivity contribution in [2.45, 2.75) is 58.0 Å². The van der Waals surface area contributed by atoms with Crippen LogP contribution in [-0.4, -0.2) is 48.1 Å². The van der Waals surface area contributed by atoms with Crippen molar-refractivity contribution in [3.8, 4) is 11.8 Å². The van der Waals surface area contributed by atoms with Crippen molar-refractivity contribution in [1.82, 2.24) is 19.9 Å². The number of aromatic nitrogens is 3. The predicted molar refractivity (Wildman–Crippen MR) is 130 cm³/mol. The van der Waals surface area contributed by atoms with Crippen molar-refractivity contribution in [1.29, 1.82) is 5.26 Å². The molecule has 1 N–H and O–H groups in total. The van der Waals surface area contributed by atoms with Crippen LogP contribution in [0.2, 0.25) is 0 Å². The summed E-state index contributed by atoms with van der Waals surface area (Å²) < 4.78 is 42.0. The van der Waals surface area contributed by atoms with Crippen LogP contribution < -0.4 is 4.90 Å². The molecule has 4 rings (SSSR count). The number of amides is 3. The van der Waals surface area contributed by atoms with E-state index in [4.69, 9.17) is 5.26 Å². The number of urea groups is 1. The predicted octanol–water partition coefficient (Wildman–Crippen LogP) is 4.22. The molecule has 0 saturated carbocycles. The number of halogens is 3. The standard InChI is InChI=1S/C26H25F3N6O3/c1-24(2,38)12-18-15-34(32-31-18)19-8-5-16(6-9-19)14-33-23(37)35(22(36)25(33,3)4)20-10-7-17(13-30)21(11-20)26(27,28)29/h5-11,15,38H,12,14H2,1-4H3. The fourth-order valence-corrected chi connectivity index (χ4v) is 4.22. The number of aliphatic hydroxyl groups is 1. The number of imide groups is 1. The largest absolute Gasteiger partial charge is 0.417 e. The Labute approximate surface area is 216 Å². The van der Waals surface area contributed by atoms with E-state index in [-0.39, 0.29) is 12.2 Å². The third-order valence-corrected chi connectivity index (χ3v) is 6.21. The van der Waals surface area contributed by atoms with Gasteiger partial charge in [-0.25, -0.2) is 14.4 Å². The molecular formula is C26H25F3N6O3. The lowest BCUT2D eigenvalue weighted by molar-refractivity contribution is -0.137. The van der Waals surface area contributed by atoms with E-state index in [9.17, 15) is 27.9 Å². The first-order chi connectivity index (χ1) is 17.6. The maximum atomic E-state index is 13.5. The van der Waals surface area contributed by atoms with E-state index in [1.807, 2.05) is 0 Å². The second-order valence-electron chi connectivity index (χ2n) is 10.2. The minimum atomic E-state index is -4.83. The van der Waals surface area contributed by atoms with Gasteiger partial charge in [-0.2, -0.15) is 18.4 Å². The summed E-state index contributed by atoms with van der Waals surface area (Å²) in [5, 5.41) is 27.1. The Hall–Kier alpha value is -4.24. The Bertz CT molecular complexity index is 1430. The molecule has 2 aromatic carbocycles. The SMILES string of the molecule is CC(C)(O)Cc1cn(-c2ccc(CN3C(=O)N(c4ccc(C#N)c(C(F)(F)F)c4)C(=O)C3(C)C)cc2)nn1. The van der Waals surface area contributed by atoms with Crippen LogP contribution in [-0.2, 0) is 23.9 Å². The molecule has 0 aliphatic carbocycles. The topological polar surface area (TPSA) is 115 Å². The zero-order valence-corrected chi connectivity index (χ0v) is 21.1. The van der Waals surface area contributed by atoms with Crippen LogP contribution in [0.3, 0.4) is 0 Å². The van der Waals surface area contributed by atoms with Crippen LogP contribution in [0.5, 0.6) is 0 Å². The lowest BCUT2D eigenvalue weighted by atomic mass is 10.0. The van der Waals surface area contributed by atoms with Crippen LogP contribution in [0.4, 0.5) is 23.7 Å². The van der Waals surface area contributed by atoms with Crippen molar-refractivity contribution in [3.63, 3.8) is 0 Å². The molecule has 3 aromatic rings. The molecule has 1 aliphatic heterocycles. The molecule has 0 bridgehead atoms. The van der Waals surface area contributed by atoms with Gasteiger partial charge in [0.15, 0.2) is 0 Å². The number of rotatable bonds is 6. The van der Waals surface area contributed by atoms with Crippen molar-refractivity contribution < 1.29 is 27.9 Å². The zero-order chi connectivity index (χ0) is 28.0. The molecule has 1 saturated heterocycles. The van der Waals surface area contributed by atoms with Gasteiger partial charge in [0.2, 0.25) is 0 Å². The van der Waals surface area contributed by atoms with Gasteiger partial charge in [-0.3, -0.25) is 4.79 Å². The van der Waals surface area contributed by atoms with Crippen LogP contribution in [0, 0.1) is 11.3 Å². The smallest absolute Gasteiger partial charge is 0.390 e. The number of nitrogens with zero attached hydrogens (tertiary/aromatic N) is 6. The maximum Gasteiger partial charge on any atom is 0.417 e. The Kier molecular flexibility index (Phi) is 6.53. The van der Waals surface area contributed by atoms with Gasteiger partial charge in [-0.05, 0) is 63.6 Å². The van der Waals surface area contributed by atoms with Crippen LogP contribution in [0.1, 0.15) is 50.1 Å². The van der Waals surface area contributed by atoms with Gasteiger partial charge >= 0.3 is 12.2 Å². The average molecular weight is 527 g/mol. The second kappa shape index (κ2) is 9.25. The number of hydrogen-bond acceptors (Lipinski definition) is 6. The zero-order valence-electron chi connectivity index (χ0n) is 21.1. The molecule has 0 spiro atoms. The highest BCUT2D eigenvalue weighted by atomic mass is 19.4. The van der Waals surface area contributed by atoms with E-state index in [1.54, 1.807) is 49.0 Å². The quantitative estimate of drug-likeness (QED) is 0.481. The fraction of sp³-hybridized carbons (Fsp3) is 0.346. The van der Waals surface area contributed by atoms with Gasteiger partial charge in [0.25, 0.3) is 5.91 Å². The summed E-state index contributed by atoms with van der Waals surface area (Å²) in [6.07, 6.45) is -2.81. The molecule has 1 aliphatic rings. The number of carbonyl (C=O) groups excluding carboxylic acids is 2. The van der Waals surface area contributed by atoms with Crippen LogP contribution in [0.15, 0.2) is 48.7 Å². The Morgan fingerprint density at radius 1 is 1.05 bits per heavy atom. The van der Waals surface area contributed by atoms with Gasteiger partial charge in [0, 0.05) is 13.0 Å². The third kappa shape index (κ3) is 5.10. The molecule has 0 radical (unpaired) electrons. The molecule has 12 heteroatoms. The summed E-state index contributed by atoms with van der Waals surface area (Å²) in [4.78, 5) is 28.5. The van der Waals surface area contributed by atoms with Crippen molar-refractivity contribution in [2.75, 3.05) is 4.90 Å². The minimum Gasteiger partial charge on any atom is -0.390 e. The molecule has 1 fully saturated rings. The number of alkyl halides is 3. The normalized spacial score (nSPS) is 15.8. The van der Waals surface area contributed by atoms with Crippen molar-refractivity contribution >= 4 is 17.6 Å². The minimum absolute atomic E-state index is 0.0259. The van der Waals surface area contributed by atoms with Gasteiger partial charge in [0.1, 0.15) is 5.54 Å². The Morgan fingerprint density at radius 3 is 2.26 bits per heavy atom. The van der Waals surface area contributed by atoms with Gasteiger partial charge < -0.3 is 10.0 Å². The highest BCUT2D eigenvalue weighted by Gasteiger charge is 2.52. The molecular weight excluding hydrogens is 501 g/mol. The summed E-state index contributed by atoms with van der Waals surface area (Å²) >= 11 is 0. The number of carbonyl (C=O) groups is 2. The van der Waals surface area contributed by atoms with E-state index in [2.05, 4.69) is 10.3 Å². The fourth-order valence-electron chi connectivity index (χ4n) is 4.22. The molecule has 1 aromatic heterocycles. The second-order valence-corrected chi connectivity index (χ2v) is 10.2. The van der Waals surface area contributed by atoms with Gasteiger partial charge in [-0.1, -0.05) is 17.3 Å². The summed E-state index contributed by atoms with van der Waals surface area (Å²) in [6, 6.07) is 10.5. The molecule has 38 heavy (non-hydrogen) atoms. The lowest BCUT2D eigenvalue weighted by Crippen LogP contribution is -2.43. The maximum absolute atomic E-state index is 13.5. The van der Waals surface area contributed by atoms with E-state index < -0.39 is 40.4 Å². The summed E-state index contributed by atoms with van der Waals surface area (Å²) in [6.45, 7) is 6.41. The monoisotopic (exact) mass is 526 g/mol. The molecule has 198 valence electrons. The van der Waals surface area contributed by atoms with E-state index >= 15 is 0 Å². The molecule has 0 unspecified atom stereocenters. The van der Waals surface area contributed by atoms with E-state index in [0.717, 1.165) is 12.1 Å². The first-order valence-electron chi connectivity index (χ1n) is 11.6. The van der Waals surface area contributed by atoms with Crippen molar-refractivity contribution in [2.24, 2.45) is 0 Å². The van der Waals surface area contributed by atoms with Gasteiger partial charge in [-0.15, -0.1) is 5.10 Å². The Balaban J connectivity index is 1.57.